The van der Waals surface area contributed by atoms with Gasteiger partial charge in [0.15, 0.2) is 9.84 Å². The van der Waals surface area contributed by atoms with Crippen LogP contribution in [0.1, 0.15) is 25.7 Å². The minimum absolute atomic E-state index is 0. The zero-order chi connectivity index (χ0) is 8.77. The molecule has 2 rings (SSSR count). The number of hydrogen-bond donors (Lipinski definition) is 1. The van der Waals surface area contributed by atoms with Crippen LogP contribution in [0.4, 0.5) is 0 Å². The van der Waals surface area contributed by atoms with E-state index in [1.54, 1.807) is 0 Å². The molecule has 0 aromatic carbocycles. The van der Waals surface area contributed by atoms with E-state index < -0.39 is 9.84 Å². The highest BCUT2D eigenvalue weighted by Gasteiger charge is 2.46. The molecule has 0 aromatic rings. The van der Waals surface area contributed by atoms with Gasteiger partial charge < -0.3 is 5.73 Å². The van der Waals surface area contributed by atoms with Gasteiger partial charge in [0, 0.05) is 0 Å². The van der Waals surface area contributed by atoms with Gasteiger partial charge in [0.1, 0.15) is 0 Å². The van der Waals surface area contributed by atoms with Crippen LogP contribution >= 0.6 is 12.4 Å². The highest BCUT2D eigenvalue weighted by Crippen LogP contribution is 2.40. The first-order valence-electron chi connectivity index (χ1n) is 4.57. The smallest absolute Gasteiger partial charge is 0.156 e. The lowest BCUT2D eigenvalue weighted by molar-refractivity contribution is 0.434. The average Bonchev–Trinajstić information content (AvgIpc) is 2.29. The summed E-state index contributed by atoms with van der Waals surface area (Å²) >= 11 is 0. The van der Waals surface area contributed by atoms with Gasteiger partial charge >= 0.3 is 0 Å². The van der Waals surface area contributed by atoms with E-state index >= 15 is 0 Å². The first-order chi connectivity index (χ1) is 5.64. The third-order valence-electron chi connectivity index (χ3n) is 3.27. The minimum Gasteiger partial charge on any atom is -0.330 e. The molecule has 0 amide bonds. The Bertz CT molecular complexity index is 258. The first kappa shape index (κ1) is 11.3. The number of fused-ring (bicyclic) bond motifs is 2. The molecule has 13 heavy (non-hydrogen) atoms. The maximum absolute atomic E-state index is 11.6. The Morgan fingerprint density at radius 3 is 2.00 bits per heavy atom. The van der Waals surface area contributed by atoms with Crippen molar-refractivity contribution in [1.29, 1.82) is 0 Å². The monoisotopic (exact) mass is 225 g/mol. The Hall–Kier alpha value is 0.200. The van der Waals surface area contributed by atoms with Gasteiger partial charge in [0.05, 0.1) is 10.5 Å². The van der Waals surface area contributed by atoms with Gasteiger partial charge in [-0.25, -0.2) is 8.42 Å². The van der Waals surface area contributed by atoms with Gasteiger partial charge in [-0.3, -0.25) is 0 Å². The average molecular weight is 226 g/mol. The maximum atomic E-state index is 11.6. The van der Waals surface area contributed by atoms with E-state index in [9.17, 15) is 8.42 Å². The molecular formula is C8H16ClNO2S. The van der Waals surface area contributed by atoms with Crippen LogP contribution in [0.5, 0.6) is 0 Å². The molecule has 2 atom stereocenters. The van der Waals surface area contributed by atoms with Gasteiger partial charge in [0.25, 0.3) is 0 Å². The highest BCUT2D eigenvalue weighted by molar-refractivity contribution is 7.93. The van der Waals surface area contributed by atoms with E-state index in [0.717, 1.165) is 25.7 Å². The molecule has 2 saturated heterocycles. The third kappa shape index (κ3) is 1.72. The summed E-state index contributed by atoms with van der Waals surface area (Å²) in [5, 5.41) is -0.102. The minimum atomic E-state index is -2.73. The van der Waals surface area contributed by atoms with Crippen LogP contribution in [0.25, 0.3) is 0 Å². The molecule has 2 N–H and O–H groups in total. The molecule has 2 heterocycles. The molecule has 2 bridgehead atoms. The standard InChI is InChI=1S/C8H15NO2S.ClH/c9-5-6-3-7-1-2-8(4-6)12(7,10)11;/h6-8H,1-5,9H2;1H. The molecule has 2 aliphatic heterocycles. The normalized spacial score (nSPS) is 41.2. The van der Waals surface area contributed by atoms with E-state index in [-0.39, 0.29) is 22.9 Å². The zero-order valence-electron chi connectivity index (χ0n) is 7.48. The second-order valence-electron chi connectivity index (χ2n) is 3.98. The number of rotatable bonds is 1. The van der Waals surface area contributed by atoms with E-state index in [1.807, 2.05) is 0 Å². The number of sulfone groups is 1. The quantitative estimate of drug-likeness (QED) is 0.716. The van der Waals surface area contributed by atoms with Crippen molar-refractivity contribution in [1.82, 2.24) is 0 Å². The van der Waals surface area contributed by atoms with Crippen LogP contribution in [-0.2, 0) is 9.84 Å². The fraction of sp³-hybridized carbons (Fsp3) is 1.00. The number of hydrogen-bond acceptors (Lipinski definition) is 3. The fourth-order valence-electron chi connectivity index (χ4n) is 2.51. The molecule has 0 aromatic heterocycles. The number of halogens is 1. The van der Waals surface area contributed by atoms with Crippen molar-refractivity contribution in [3.8, 4) is 0 Å². The summed E-state index contributed by atoms with van der Waals surface area (Å²) in [6.45, 7) is 0.655. The lowest BCUT2D eigenvalue weighted by Gasteiger charge is -2.26. The number of nitrogens with two attached hydrogens (primary N) is 1. The molecule has 2 unspecified atom stereocenters. The topological polar surface area (TPSA) is 60.2 Å². The molecule has 78 valence electrons. The Morgan fingerprint density at radius 2 is 1.62 bits per heavy atom. The van der Waals surface area contributed by atoms with Crippen molar-refractivity contribution in [3.63, 3.8) is 0 Å². The van der Waals surface area contributed by atoms with Gasteiger partial charge in [-0.05, 0) is 38.1 Å². The predicted octanol–water partition coefficient (Wildman–Crippen LogP) is 0.723. The molecule has 3 nitrogen and oxygen atoms in total. The maximum Gasteiger partial charge on any atom is 0.156 e. The van der Waals surface area contributed by atoms with E-state index in [2.05, 4.69) is 0 Å². The molecular weight excluding hydrogens is 210 g/mol. The van der Waals surface area contributed by atoms with Gasteiger partial charge in [-0.2, -0.15) is 0 Å². The van der Waals surface area contributed by atoms with Crippen LogP contribution < -0.4 is 5.73 Å². The summed E-state index contributed by atoms with van der Waals surface area (Å²) in [4.78, 5) is 0. The predicted molar refractivity (Wildman–Crippen MR) is 54.8 cm³/mol. The van der Waals surface area contributed by atoms with Crippen LogP contribution in [0.2, 0.25) is 0 Å². The molecule has 0 aliphatic carbocycles. The van der Waals surface area contributed by atoms with Crippen molar-refractivity contribution < 1.29 is 8.42 Å². The van der Waals surface area contributed by atoms with E-state index in [1.165, 1.54) is 0 Å². The summed E-state index contributed by atoms with van der Waals surface area (Å²) < 4.78 is 23.2. The Labute approximate surface area is 85.4 Å². The van der Waals surface area contributed by atoms with Crippen molar-refractivity contribution in [2.75, 3.05) is 6.54 Å². The lowest BCUT2D eigenvalue weighted by atomic mass is 10.00. The summed E-state index contributed by atoms with van der Waals surface area (Å²) in [6, 6.07) is 0. The lowest BCUT2D eigenvalue weighted by Crippen LogP contribution is -2.35. The van der Waals surface area contributed by atoms with Gasteiger partial charge in [0.2, 0.25) is 0 Å². The highest BCUT2D eigenvalue weighted by atomic mass is 35.5. The summed E-state index contributed by atoms with van der Waals surface area (Å²) in [5.74, 6) is 0.464. The summed E-state index contributed by atoms with van der Waals surface area (Å²) in [6.07, 6.45) is 3.39. The van der Waals surface area contributed by atoms with Crippen LogP contribution in [0, 0.1) is 5.92 Å². The molecule has 5 heteroatoms. The van der Waals surface area contributed by atoms with Crippen molar-refractivity contribution in [2.24, 2.45) is 11.7 Å². The molecule has 2 fully saturated rings. The second-order valence-corrected chi connectivity index (χ2v) is 6.49. The fourth-order valence-corrected chi connectivity index (χ4v) is 5.06. The Balaban J connectivity index is 0.000000845. The first-order valence-corrected chi connectivity index (χ1v) is 6.18. The largest absolute Gasteiger partial charge is 0.330 e. The second kappa shape index (κ2) is 3.75. The third-order valence-corrected chi connectivity index (χ3v) is 5.98. The van der Waals surface area contributed by atoms with E-state index in [0.29, 0.717) is 12.5 Å². The van der Waals surface area contributed by atoms with Crippen LogP contribution in [0.3, 0.4) is 0 Å². The summed E-state index contributed by atoms with van der Waals surface area (Å²) in [7, 11) is -2.73. The SMILES string of the molecule is Cl.NCC1CC2CCC(C1)S2(=O)=O. The Morgan fingerprint density at radius 1 is 1.15 bits per heavy atom. The van der Waals surface area contributed by atoms with E-state index in [4.69, 9.17) is 5.73 Å². The zero-order valence-corrected chi connectivity index (χ0v) is 9.11. The molecule has 0 radical (unpaired) electrons. The van der Waals surface area contributed by atoms with Crippen LogP contribution in [-0.4, -0.2) is 25.5 Å². The Kier molecular flexibility index (Phi) is 3.25. The molecule has 0 saturated carbocycles. The molecule has 0 spiro atoms. The van der Waals surface area contributed by atoms with Gasteiger partial charge in [-0.15, -0.1) is 12.4 Å². The van der Waals surface area contributed by atoms with Crippen molar-refractivity contribution in [2.45, 2.75) is 36.2 Å². The van der Waals surface area contributed by atoms with Gasteiger partial charge in [-0.1, -0.05) is 0 Å². The molecule has 2 aliphatic rings. The van der Waals surface area contributed by atoms with Crippen molar-refractivity contribution >= 4 is 22.2 Å². The summed E-state index contributed by atoms with van der Waals surface area (Å²) in [5.41, 5.74) is 5.55. The van der Waals surface area contributed by atoms with Crippen molar-refractivity contribution in [3.05, 3.63) is 0 Å². The van der Waals surface area contributed by atoms with Crippen LogP contribution in [0.15, 0.2) is 0 Å².